The second-order valence-electron chi connectivity index (χ2n) is 14.6. The van der Waals surface area contributed by atoms with Crippen molar-refractivity contribution in [2.45, 2.75) is 75.8 Å². The van der Waals surface area contributed by atoms with E-state index in [-0.39, 0.29) is 53.0 Å². The van der Waals surface area contributed by atoms with Crippen molar-refractivity contribution in [3.05, 3.63) is 64.6 Å². The van der Waals surface area contributed by atoms with Crippen LogP contribution in [0.2, 0.25) is 0 Å². The molecule has 8 atom stereocenters. The Morgan fingerprint density at radius 3 is 2.53 bits per heavy atom. The fraction of sp³-hybridized carbons (Fsp3) is 0.556. The zero-order valence-electron chi connectivity index (χ0n) is 26.9. The molecule has 1 aromatic heterocycles. The van der Waals surface area contributed by atoms with Crippen LogP contribution in [-0.2, 0) is 15.8 Å². The number of hydrogen-bond donors (Lipinski definition) is 3. The molecule has 9 nitrogen and oxygen atoms in total. The number of pyridine rings is 1. The lowest BCUT2D eigenvalue weighted by Crippen LogP contribution is -2.48. The predicted octanol–water partition coefficient (Wildman–Crippen LogP) is 5.88. The number of alkyl halides is 3. The molecule has 49 heavy (non-hydrogen) atoms. The maximum atomic E-state index is 14.1. The summed E-state index contributed by atoms with van der Waals surface area (Å²) in [6.45, 7) is 0. The van der Waals surface area contributed by atoms with Crippen LogP contribution in [0, 0.1) is 47.2 Å². The van der Waals surface area contributed by atoms with E-state index in [9.17, 15) is 32.3 Å². The highest BCUT2D eigenvalue weighted by Gasteiger charge is 2.55. The van der Waals surface area contributed by atoms with E-state index in [1.54, 1.807) is 12.3 Å². The van der Waals surface area contributed by atoms with Gasteiger partial charge in [-0.15, -0.1) is 0 Å². The summed E-state index contributed by atoms with van der Waals surface area (Å²) in [5.41, 5.74) is 0.899. The second-order valence-corrected chi connectivity index (χ2v) is 14.6. The van der Waals surface area contributed by atoms with Crippen molar-refractivity contribution >= 4 is 23.2 Å². The Morgan fingerprint density at radius 2 is 1.82 bits per heavy atom. The van der Waals surface area contributed by atoms with Crippen LogP contribution in [0.3, 0.4) is 0 Å². The van der Waals surface area contributed by atoms with Gasteiger partial charge in [-0.1, -0.05) is 16.8 Å². The quantitative estimate of drug-likeness (QED) is 0.225. The number of oxime groups is 1. The van der Waals surface area contributed by atoms with E-state index in [1.165, 1.54) is 7.11 Å². The number of nitrogens with one attached hydrogen (secondary N) is 2. The highest BCUT2D eigenvalue weighted by Crippen LogP contribution is 2.55. The Kier molecular flexibility index (Phi) is 7.96. The third-order valence-electron chi connectivity index (χ3n) is 11.4. The molecular weight excluding hydrogens is 644 g/mol. The molecule has 6 aliphatic rings. The third kappa shape index (κ3) is 5.97. The molecule has 2 heterocycles. The van der Waals surface area contributed by atoms with Gasteiger partial charge in [-0.2, -0.15) is 13.2 Å². The first-order chi connectivity index (χ1) is 23.5. The van der Waals surface area contributed by atoms with E-state index < -0.39 is 41.3 Å². The Labute approximate surface area is 280 Å². The average Bonchev–Trinajstić information content (AvgIpc) is 3.95. The number of ether oxygens (including phenoxy) is 1. The molecular formula is C36H38F4N4O5. The van der Waals surface area contributed by atoms with Gasteiger partial charge in [0.25, 0.3) is 5.91 Å². The Balaban J connectivity index is 1.05. The summed E-state index contributed by atoms with van der Waals surface area (Å²) in [6, 6.07) is 3.41. The number of benzene rings is 1. The monoisotopic (exact) mass is 682 g/mol. The number of aliphatic hydroxyl groups is 1. The van der Waals surface area contributed by atoms with Crippen molar-refractivity contribution in [2.24, 2.45) is 46.6 Å². The molecule has 2 bridgehead atoms. The van der Waals surface area contributed by atoms with Crippen LogP contribution in [0.1, 0.15) is 72.9 Å². The predicted molar refractivity (Wildman–Crippen MR) is 169 cm³/mol. The topological polar surface area (TPSA) is 122 Å². The number of allylic oxidation sites excluding steroid dienone is 1. The van der Waals surface area contributed by atoms with Crippen LogP contribution in [0.15, 0.2) is 47.3 Å². The summed E-state index contributed by atoms with van der Waals surface area (Å²) in [5, 5.41) is 20.8. The normalized spacial score (nSPS) is 31.7. The number of rotatable bonds is 9. The SMILES string of the molecule is COc1ncc(C2=NOC3CC(C(O)C4CC4)CC23)cc1C(=O)N[C@H]1[C@@H](C(=O)Nc2ccc(F)c(C(F)(F)F)c2)[C@H]2CC[C@@H]1/C2=C\C1CC1. The standard InChI is InChI=1S/C36H38F4N4O5/c1-48-35-25(12-19(15-41-35)30-24-11-18(13-28(24)49-44-30)32(45)17-4-5-17)33(46)43-31-22-8-7-21(23(22)10-16-2-3-16)29(31)34(47)42-20-6-9-27(37)26(14-20)36(38,39)40/h6,9-10,12,14-18,21-22,24,28-29,31-32,45H,2-5,7-8,11,13H2,1H3,(H,42,47)(H,43,46)/b23-10-/t18?,21-,22+,24?,28?,29-,31+,32?/m0/s1. The smallest absolute Gasteiger partial charge is 0.419 e. The van der Waals surface area contributed by atoms with Gasteiger partial charge in [0.1, 0.15) is 17.5 Å². The number of carbonyl (C=O) groups is 2. The molecule has 2 amide bonds. The summed E-state index contributed by atoms with van der Waals surface area (Å²) in [7, 11) is 1.41. The average molecular weight is 683 g/mol. The first kappa shape index (κ1) is 32.2. The molecule has 5 saturated carbocycles. The van der Waals surface area contributed by atoms with E-state index in [1.807, 2.05) is 0 Å². The number of aromatic nitrogens is 1. The molecule has 0 radical (unpaired) electrons. The molecule has 8 rings (SSSR count). The van der Waals surface area contributed by atoms with Crippen LogP contribution in [0.4, 0.5) is 23.2 Å². The lowest BCUT2D eigenvalue weighted by atomic mass is 9.83. The van der Waals surface area contributed by atoms with Gasteiger partial charge in [-0.25, -0.2) is 9.37 Å². The number of nitrogens with zero attached hydrogens (tertiary/aromatic N) is 2. The Bertz CT molecular complexity index is 1740. The Morgan fingerprint density at radius 1 is 1.04 bits per heavy atom. The molecule has 5 fully saturated rings. The van der Waals surface area contributed by atoms with Gasteiger partial charge in [-0.05, 0) is 99.3 Å². The van der Waals surface area contributed by atoms with Crippen LogP contribution < -0.4 is 15.4 Å². The van der Waals surface area contributed by atoms with Crippen molar-refractivity contribution in [3.8, 4) is 5.88 Å². The number of halogens is 4. The highest BCUT2D eigenvalue weighted by atomic mass is 19.4. The largest absolute Gasteiger partial charge is 0.480 e. The van der Waals surface area contributed by atoms with Crippen molar-refractivity contribution in [1.82, 2.24) is 10.3 Å². The van der Waals surface area contributed by atoms with Gasteiger partial charge in [0.05, 0.1) is 30.4 Å². The van der Waals surface area contributed by atoms with Gasteiger partial charge in [0, 0.05) is 35.3 Å². The minimum Gasteiger partial charge on any atom is -0.480 e. The second kappa shape index (κ2) is 12.1. The number of fused-ring (bicyclic) bond motifs is 3. The summed E-state index contributed by atoms with van der Waals surface area (Å²) in [4.78, 5) is 38.1. The lowest BCUT2D eigenvalue weighted by molar-refractivity contribution is -0.140. The number of hydrogen-bond acceptors (Lipinski definition) is 7. The van der Waals surface area contributed by atoms with Crippen molar-refractivity contribution in [3.63, 3.8) is 0 Å². The van der Waals surface area contributed by atoms with Crippen molar-refractivity contribution < 1.29 is 41.8 Å². The number of aliphatic hydroxyl groups excluding tert-OH is 1. The van der Waals surface area contributed by atoms with Crippen LogP contribution in [0.25, 0.3) is 0 Å². The number of carbonyl (C=O) groups excluding carboxylic acids is 2. The molecule has 4 unspecified atom stereocenters. The molecule has 1 aromatic carbocycles. The molecule has 5 aliphatic carbocycles. The molecule has 0 saturated heterocycles. The summed E-state index contributed by atoms with van der Waals surface area (Å²) in [5.74, 6) is -2.58. The zero-order valence-corrected chi connectivity index (χ0v) is 26.9. The molecule has 1 aliphatic heterocycles. The first-order valence-electron chi connectivity index (χ1n) is 17.2. The van der Waals surface area contributed by atoms with E-state index >= 15 is 0 Å². The number of anilines is 1. The maximum Gasteiger partial charge on any atom is 0.419 e. The van der Waals surface area contributed by atoms with Gasteiger partial charge in [0.2, 0.25) is 11.8 Å². The third-order valence-corrected chi connectivity index (χ3v) is 11.4. The summed E-state index contributed by atoms with van der Waals surface area (Å²) < 4.78 is 59.7. The van der Waals surface area contributed by atoms with Gasteiger partial charge >= 0.3 is 6.18 Å². The maximum absolute atomic E-state index is 14.1. The minimum absolute atomic E-state index is 0.0393. The molecule has 0 spiro atoms. The van der Waals surface area contributed by atoms with E-state index in [4.69, 9.17) is 9.57 Å². The van der Waals surface area contributed by atoms with Crippen molar-refractivity contribution in [1.29, 1.82) is 0 Å². The summed E-state index contributed by atoms with van der Waals surface area (Å²) >= 11 is 0. The molecule has 3 N–H and O–H groups in total. The van der Waals surface area contributed by atoms with Gasteiger partial charge in [-0.3, -0.25) is 9.59 Å². The van der Waals surface area contributed by atoms with Crippen LogP contribution in [-0.4, -0.2) is 53.0 Å². The number of methoxy groups -OCH3 is 1. The van der Waals surface area contributed by atoms with Gasteiger partial charge in [0.15, 0.2) is 0 Å². The molecule has 13 heteroatoms. The van der Waals surface area contributed by atoms with E-state index in [2.05, 4.69) is 26.8 Å². The van der Waals surface area contributed by atoms with Crippen molar-refractivity contribution in [2.75, 3.05) is 12.4 Å². The fourth-order valence-electron chi connectivity index (χ4n) is 8.75. The van der Waals surface area contributed by atoms with Crippen LogP contribution >= 0.6 is 0 Å². The van der Waals surface area contributed by atoms with Gasteiger partial charge < -0.3 is 25.3 Å². The molecule has 2 aromatic rings. The van der Waals surface area contributed by atoms with E-state index in [0.29, 0.717) is 48.1 Å². The fourth-order valence-corrected chi connectivity index (χ4v) is 8.75. The first-order valence-corrected chi connectivity index (χ1v) is 17.2. The van der Waals surface area contributed by atoms with Crippen LogP contribution in [0.5, 0.6) is 5.88 Å². The molecule has 260 valence electrons. The summed E-state index contributed by atoms with van der Waals surface area (Å²) in [6.07, 6.45) is 5.48. The zero-order chi connectivity index (χ0) is 34.2. The lowest BCUT2D eigenvalue weighted by Gasteiger charge is -2.30. The minimum atomic E-state index is -4.93. The Hall–Kier alpha value is -4.00. The number of amides is 2. The van der Waals surface area contributed by atoms with E-state index in [0.717, 1.165) is 50.2 Å². The highest BCUT2D eigenvalue weighted by molar-refractivity contribution is 6.06.